The highest BCUT2D eigenvalue weighted by Crippen LogP contribution is 2.36. The average molecular weight is 254 g/mol. The van der Waals surface area contributed by atoms with E-state index >= 15 is 0 Å². The number of methoxy groups -OCH3 is 1. The van der Waals surface area contributed by atoms with Gasteiger partial charge in [-0.25, -0.2) is 0 Å². The number of halogens is 1. The molecule has 0 fully saturated rings. The Labute approximate surface area is 106 Å². The Morgan fingerprint density at radius 3 is 2.71 bits per heavy atom. The first-order chi connectivity index (χ1) is 8.02. The summed E-state index contributed by atoms with van der Waals surface area (Å²) in [6.07, 6.45) is 1.33. The summed E-state index contributed by atoms with van der Waals surface area (Å²) < 4.78 is 5.15. The molecule has 3 nitrogen and oxygen atoms in total. The van der Waals surface area contributed by atoms with Crippen molar-refractivity contribution >= 4 is 23.4 Å². The van der Waals surface area contributed by atoms with Gasteiger partial charge in [0, 0.05) is 11.8 Å². The number of rotatable bonds is 2. The van der Waals surface area contributed by atoms with E-state index in [-0.39, 0.29) is 5.92 Å². The summed E-state index contributed by atoms with van der Waals surface area (Å²) in [4.78, 5) is 0. The number of hydrogen-bond donors (Lipinski definition) is 2. The molecule has 2 rings (SSSR count). The van der Waals surface area contributed by atoms with Crippen LogP contribution >= 0.6 is 11.6 Å². The molecule has 1 unspecified atom stereocenters. The number of benzene rings is 1. The van der Waals surface area contributed by atoms with Crippen molar-refractivity contribution in [2.24, 2.45) is 5.92 Å². The van der Waals surface area contributed by atoms with Crippen LogP contribution in [0.2, 0.25) is 5.02 Å². The second-order valence-corrected chi connectivity index (χ2v) is 4.83. The predicted octanol–water partition coefficient (Wildman–Crippen LogP) is 3.13. The van der Waals surface area contributed by atoms with Crippen LogP contribution in [0, 0.1) is 5.92 Å². The molecular formula is C13H16ClNO2. The highest BCUT2D eigenvalue weighted by atomic mass is 35.5. The molecule has 0 saturated carbocycles. The maximum atomic E-state index is 9.97. The van der Waals surface area contributed by atoms with Crippen LogP contribution in [0.5, 0.6) is 5.75 Å². The largest absolute Gasteiger partial charge is 0.495 e. The number of nitrogens with one attached hydrogen (secondary N) is 1. The third-order valence-electron chi connectivity index (χ3n) is 2.92. The number of ether oxygens (including phenoxy) is 1. The lowest BCUT2D eigenvalue weighted by Gasteiger charge is -2.27. The third-order valence-corrected chi connectivity index (χ3v) is 3.22. The molecule has 92 valence electrons. The van der Waals surface area contributed by atoms with E-state index in [2.05, 4.69) is 5.32 Å². The van der Waals surface area contributed by atoms with Gasteiger partial charge in [0.25, 0.3) is 0 Å². The van der Waals surface area contributed by atoms with Crippen LogP contribution in [0.1, 0.15) is 19.4 Å². The fraction of sp³-hybridized carbons (Fsp3) is 0.385. The second kappa shape index (κ2) is 4.59. The number of hydrogen-bond acceptors (Lipinski definition) is 3. The number of anilines is 1. The van der Waals surface area contributed by atoms with Crippen molar-refractivity contribution < 1.29 is 9.84 Å². The first-order valence-corrected chi connectivity index (χ1v) is 5.94. The standard InChI is InChI=1S/C13H16ClNO2/c1-7(2)9-4-8-5-10(14)12(17-3)6-11(8)15-13(9)16/h4-7,13,15-16H,1-3H3. The molecule has 0 spiro atoms. The van der Waals surface area contributed by atoms with Gasteiger partial charge in [-0.2, -0.15) is 0 Å². The van der Waals surface area contributed by atoms with Crippen molar-refractivity contribution in [2.45, 2.75) is 20.1 Å². The van der Waals surface area contributed by atoms with Crippen LogP contribution in [-0.2, 0) is 0 Å². The van der Waals surface area contributed by atoms with Crippen molar-refractivity contribution in [3.05, 3.63) is 28.3 Å². The van der Waals surface area contributed by atoms with Gasteiger partial charge in [-0.3, -0.25) is 0 Å². The smallest absolute Gasteiger partial charge is 0.147 e. The number of aliphatic hydroxyl groups is 1. The lowest BCUT2D eigenvalue weighted by atomic mass is 9.95. The summed E-state index contributed by atoms with van der Waals surface area (Å²) in [6.45, 7) is 4.10. The highest BCUT2D eigenvalue weighted by Gasteiger charge is 2.21. The Bertz CT molecular complexity index is 469. The van der Waals surface area contributed by atoms with E-state index in [4.69, 9.17) is 16.3 Å². The minimum Gasteiger partial charge on any atom is -0.495 e. The van der Waals surface area contributed by atoms with Gasteiger partial charge < -0.3 is 15.2 Å². The molecule has 2 N–H and O–H groups in total. The lowest BCUT2D eigenvalue weighted by Crippen LogP contribution is -2.27. The second-order valence-electron chi connectivity index (χ2n) is 4.42. The Kier molecular flexibility index (Phi) is 3.31. The quantitative estimate of drug-likeness (QED) is 0.851. The summed E-state index contributed by atoms with van der Waals surface area (Å²) >= 11 is 6.08. The number of fused-ring (bicyclic) bond motifs is 1. The summed E-state index contributed by atoms with van der Waals surface area (Å²) in [5, 5.41) is 13.6. The molecule has 4 heteroatoms. The molecular weight excluding hydrogens is 238 g/mol. The van der Waals surface area contributed by atoms with Gasteiger partial charge in [0.1, 0.15) is 12.0 Å². The SMILES string of the molecule is COc1cc2c(cc1Cl)C=C(C(C)C)C(O)N2. The zero-order valence-electron chi connectivity index (χ0n) is 10.1. The summed E-state index contributed by atoms with van der Waals surface area (Å²) in [6, 6.07) is 3.64. The van der Waals surface area contributed by atoms with E-state index in [0.717, 1.165) is 16.8 Å². The lowest BCUT2D eigenvalue weighted by molar-refractivity contribution is 0.228. The fourth-order valence-electron chi connectivity index (χ4n) is 1.94. The summed E-state index contributed by atoms with van der Waals surface area (Å²) in [7, 11) is 1.57. The fourth-order valence-corrected chi connectivity index (χ4v) is 2.19. The maximum Gasteiger partial charge on any atom is 0.147 e. The molecule has 1 atom stereocenters. The van der Waals surface area contributed by atoms with Crippen LogP contribution in [0.25, 0.3) is 6.08 Å². The normalized spacial score (nSPS) is 18.5. The van der Waals surface area contributed by atoms with Gasteiger partial charge in [0.05, 0.1) is 12.1 Å². The zero-order chi connectivity index (χ0) is 12.6. The molecule has 1 heterocycles. The molecule has 1 aliphatic rings. The molecule has 0 aromatic heterocycles. The van der Waals surface area contributed by atoms with Gasteiger partial charge in [0.15, 0.2) is 0 Å². The first kappa shape index (κ1) is 12.3. The van der Waals surface area contributed by atoms with Gasteiger partial charge >= 0.3 is 0 Å². The monoisotopic (exact) mass is 253 g/mol. The highest BCUT2D eigenvalue weighted by molar-refractivity contribution is 6.32. The van der Waals surface area contributed by atoms with E-state index < -0.39 is 6.23 Å². The van der Waals surface area contributed by atoms with Gasteiger partial charge in [0.2, 0.25) is 0 Å². The minimum atomic E-state index is -0.645. The Morgan fingerprint density at radius 1 is 1.41 bits per heavy atom. The molecule has 0 aliphatic carbocycles. The minimum absolute atomic E-state index is 0.284. The Balaban J connectivity index is 2.49. The van der Waals surface area contributed by atoms with Crippen LogP contribution in [0.15, 0.2) is 17.7 Å². The third kappa shape index (κ3) is 2.26. The molecule has 0 amide bonds. The Hall–Kier alpha value is -1.19. The van der Waals surface area contributed by atoms with Crippen molar-refractivity contribution in [1.82, 2.24) is 0 Å². The predicted molar refractivity (Wildman–Crippen MR) is 70.4 cm³/mol. The van der Waals surface area contributed by atoms with Gasteiger partial charge in [-0.1, -0.05) is 25.4 Å². The van der Waals surface area contributed by atoms with E-state index in [9.17, 15) is 5.11 Å². The first-order valence-electron chi connectivity index (χ1n) is 5.56. The molecule has 0 saturated heterocycles. The van der Waals surface area contributed by atoms with E-state index in [1.165, 1.54) is 0 Å². The van der Waals surface area contributed by atoms with Crippen molar-refractivity contribution in [2.75, 3.05) is 12.4 Å². The van der Waals surface area contributed by atoms with Crippen molar-refractivity contribution in [3.8, 4) is 5.75 Å². The van der Waals surface area contributed by atoms with Gasteiger partial charge in [-0.05, 0) is 29.2 Å². The van der Waals surface area contributed by atoms with Crippen LogP contribution < -0.4 is 10.1 Å². The van der Waals surface area contributed by atoms with Gasteiger partial charge in [-0.15, -0.1) is 0 Å². The molecule has 0 bridgehead atoms. The zero-order valence-corrected chi connectivity index (χ0v) is 10.9. The summed E-state index contributed by atoms with van der Waals surface area (Å²) in [5.41, 5.74) is 2.77. The summed E-state index contributed by atoms with van der Waals surface area (Å²) in [5.74, 6) is 0.887. The average Bonchev–Trinajstić information content (AvgIpc) is 2.27. The van der Waals surface area contributed by atoms with Crippen LogP contribution in [-0.4, -0.2) is 18.4 Å². The molecule has 1 aliphatic heterocycles. The number of aliphatic hydroxyl groups excluding tert-OH is 1. The molecule has 0 radical (unpaired) electrons. The topological polar surface area (TPSA) is 41.5 Å². The van der Waals surface area contributed by atoms with E-state index in [1.54, 1.807) is 13.2 Å². The maximum absolute atomic E-state index is 9.97. The van der Waals surface area contributed by atoms with Crippen LogP contribution in [0.3, 0.4) is 0 Å². The van der Waals surface area contributed by atoms with E-state index in [1.807, 2.05) is 26.0 Å². The molecule has 17 heavy (non-hydrogen) atoms. The molecule has 1 aromatic carbocycles. The van der Waals surface area contributed by atoms with Crippen molar-refractivity contribution in [1.29, 1.82) is 0 Å². The Morgan fingerprint density at radius 2 is 2.12 bits per heavy atom. The van der Waals surface area contributed by atoms with Crippen LogP contribution in [0.4, 0.5) is 5.69 Å². The van der Waals surface area contributed by atoms with Crippen molar-refractivity contribution in [3.63, 3.8) is 0 Å². The molecule has 1 aromatic rings. The van der Waals surface area contributed by atoms with E-state index in [0.29, 0.717) is 10.8 Å².